The molecule has 0 aliphatic carbocycles. The summed E-state index contributed by atoms with van der Waals surface area (Å²) in [6, 6.07) is 7.29. The number of rotatable bonds is 3. The zero-order chi connectivity index (χ0) is 18.5. The molecular formula is C18H17N5O2S. The Morgan fingerprint density at radius 1 is 1.04 bits per heavy atom. The molecule has 7 nitrogen and oxygen atoms in total. The van der Waals surface area contributed by atoms with Gasteiger partial charge >= 0.3 is 0 Å². The molecule has 0 atom stereocenters. The number of hydrogen-bond acceptors (Lipinski definition) is 5. The SMILES string of the molecule is Cc1cc2ncc3cnn(Cc4ccc(S(N)(=O)=O)cn4)c3c2cc1C. The molecule has 0 unspecified atom stereocenters. The van der Waals surface area contributed by atoms with Crippen molar-refractivity contribution in [2.45, 2.75) is 25.3 Å². The van der Waals surface area contributed by atoms with Crippen LogP contribution in [0.4, 0.5) is 0 Å². The van der Waals surface area contributed by atoms with Gasteiger partial charge in [-0.3, -0.25) is 14.6 Å². The van der Waals surface area contributed by atoms with Crippen LogP contribution < -0.4 is 5.14 Å². The molecule has 0 aliphatic heterocycles. The summed E-state index contributed by atoms with van der Waals surface area (Å²) < 4.78 is 24.6. The van der Waals surface area contributed by atoms with Crippen LogP contribution in [0, 0.1) is 13.8 Å². The Hall–Kier alpha value is -2.84. The van der Waals surface area contributed by atoms with E-state index in [0.717, 1.165) is 21.8 Å². The number of benzene rings is 1. The Morgan fingerprint density at radius 3 is 2.50 bits per heavy atom. The lowest BCUT2D eigenvalue weighted by atomic mass is 10.0. The second-order valence-corrected chi connectivity index (χ2v) is 7.91. The van der Waals surface area contributed by atoms with Crippen LogP contribution in [0.5, 0.6) is 0 Å². The summed E-state index contributed by atoms with van der Waals surface area (Å²) >= 11 is 0. The van der Waals surface area contributed by atoms with Crippen LogP contribution in [0.25, 0.3) is 21.8 Å². The van der Waals surface area contributed by atoms with Gasteiger partial charge in [0.25, 0.3) is 0 Å². The third-order valence-corrected chi connectivity index (χ3v) is 5.41. The summed E-state index contributed by atoms with van der Waals surface area (Å²) in [6.07, 6.45) is 4.85. The molecule has 0 spiro atoms. The molecule has 0 fully saturated rings. The molecule has 0 amide bonds. The second-order valence-electron chi connectivity index (χ2n) is 6.35. The lowest BCUT2D eigenvalue weighted by Crippen LogP contribution is -2.13. The van der Waals surface area contributed by atoms with Gasteiger partial charge in [-0.2, -0.15) is 5.10 Å². The predicted octanol–water partition coefficient (Wildman–Crippen LogP) is 2.29. The first-order valence-electron chi connectivity index (χ1n) is 8.02. The van der Waals surface area contributed by atoms with E-state index < -0.39 is 10.0 Å². The fourth-order valence-electron chi connectivity index (χ4n) is 2.97. The van der Waals surface area contributed by atoms with Gasteiger partial charge in [0.15, 0.2) is 0 Å². The molecule has 8 heteroatoms. The number of pyridine rings is 2. The molecule has 4 rings (SSSR count). The number of hydrogen-bond donors (Lipinski definition) is 1. The molecule has 0 saturated heterocycles. The lowest BCUT2D eigenvalue weighted by Gasteiger charge is -2.08. The maximum absolute atomic E-state index is 11.4. The molecule has 1 aromatic carbocycles. The lowest BCUT2D eigenvalue weighted by molar-refractivity contribution is 0.597. The third-order valence-electron chi connectivity index (χ3n) is 4.52. The maximum atomic E-state index is 11.4. The highest BCUT2D eigenvalue weighted by Crippen LogP contribution is 2.26. The number of primary sulfonamides is 1. The molecule has 0 aliphatic rings. The zero-order valence-corrected chi connectivity index (χ0v) is 15.2. The third kappa shape index (κ3) is 2.83. The molecule has 2 N–H and O–H groups in total. The van der Waals surface area contributed by atoms with Crippen molar-refractivity contribution in [1.29, 1.82) is 0 Å². The average molecular weight is 367 g/mol. The smallest absolute Gasteiger partial charge is 0.239 e. The van der Waals surface area contributed by atoms with E-state index in [-0.39, 0.29) is 4.90 Å². The van der Waals surface area contributed by atoms with E-state index >= 15 is 0 Å². The first kappa shape index (κ1) is 16.6. The molecule has 0 bridgehead atoms. The number of aryl methyl sites for hydroxylation is 2. The number of nitrogens with zero attached hydrogens (tertiary/aromatic N) is 4. The monoisotopic (exact) mass is 367 g/mol. The Balaban J connectivity index is 1.82. The van der Waals surface area contributed by atoms with Crippen LogP contribution in [0.3, 0.4) is 0 Å². The average Bonchev–Trinajstić information content (AvgIpc) is 2.99. The minimum Gasteiger partial charge on any atom is -0.258 e. The van der Waals surface area contributed by atoms with Crippen molar-refractivity contribution in [1.82, 2.24) is 19.7 Å². The normalized spacial score (nSPS) is 12.1. The Labute approximate surface area is 150 Å². The summed E-state index contributed by atoms with van der Waals surface area (Å²) in [5.41, 5.74) is 4.97. The van der Waals surface area contributed by atoms with Crippen molar-refractivity contribution >= 4 is 31.8 Å². The van der Waals surface area contributed by atoms with Gasteiger partial charge in [-0.1, -0.05) is 0 Å². The van der Waals surface area contributed by atoms with Gasteiger partial charge in [0, 0.05) is 23.2 Å². The van der Waals surface area contributed by atoms with E-state index in [4.69, 9.17) is 5.14 Å². The summed E-state index contributed by atoms with van der Waals surface area (Å²) in [4.78, 5) is 8.72. The molecule has 4 aromatic rings. The van der Waals surface area contributed by atoms with Crippen molar-refractivity contribution in [3.63, 3.8) is 0 Å². The minimum absolute atomic E-state index is 0.00711. The van der Waals surface area contributed by atoms with Gasteiger partial charge in [0.2, 0.25) is 10.0 Å². The summed E-state index contributed by atoms with van der Waals surface area (Å²) in [7, 11) is -3.75. The largest absolute Gasteiger partial charge is 0.258 e. The highest BCUT2D eigenvalue weighted by Gasteiger charge is 2.12. The first-order valence-corrected chi connectivity index (χ1v) is 9.57. The van der Waals surface area contributed by atoms with Crippen LogP contribution >= 0.6 is 0 Å². The summed E-state index contributed by atoms with van der Waals surface area (Å²) in [5, 5.41) is 11.5. The van der Waals surface area contributed by atoms with Crippen molar-refractivity contribution in [3.8, 4) is 0 Å². The number of nitrogens with two attached hydrogens (primary N) is 1. The summed E-state index contributed by atoms with van der Waals surface area (Å²) in [6.45, 7) is 4.55. The topological polar surface area (TPSA) is 104 Å². The van der Waals surface area contributed by atoms with Crippen LogP contribution in [-0.4, -0.2) is 28.2 Å². The quantitative estimate of drug-likeness (QED) is 0.598. The van der Waals surface area contributed by atoms with Gasteiger partial charge in [-0.05, 0) is 49.2 Å². The van der Waals surface area contributed by atoms with E-state index in [1.807, 2.05) is 10.9 Å². The Kier molecular flexibility index (Phi) is 3.74. The Morgan fingerprint density at radius 2 is 1.81 bits per heavy atom. The predicted molar refractivity (Wildman–Crippen MR) is 99.2 cm³/mol. The molecule has 26 heavy (non-hydrogen) atoms. The molecular weight excluding hydrogens is 350 g/mol. The molecule has 3 aromatic heterocycles. The van der Waals surface area contributed by atoms with E-state index in [1.165, 1.54) is 23.4 Å². The van der Waals surface area contributed by atoms with Crippen LogP contribution in [0.2, 0.25) is 0 Å². The Bertz CT molecular complexity index is 1240. The van der Waals surface area contributed by atoms with Crippen molar-refractivity contribution in [2.24, 2.45) is 5.14 Å². The molecule has 3 heterocycles. The standard InChI is InChI=1S/C18H17N5O2S/c1-11-5-16-17(6-12(11)2)21-7-13-8-22-23(18(13)16)10-14-3-4-15(9-20-14)26(19,24)25/h3-9H,10H2,1-2H3,(H2,19,24,25). The number of fused-ring (bicyclic) bond motifs is 3. The molecule has 0 radical (unpaired) electrons. The van der Waals surface area contributed by atoms with Crippen LogP contribution in [0.15, 0.2) is 47.8 Å². The van der Waals surface area contributed by atoms with Crippen molar-refractivity contribution in [3.05, 3.63) is 59.7 Å². The minimum atomic E-state index is -3.75. The van der Waals surface area contributed by atoms with Crippen molar-refractivity contribution in [2.75, 3.05) is 0 Å². The highest BCUT2D eigenvalue weighted by molar-refractivity contribution is 7.89. The zero-order valence-electron chi connectivity index (χ0n) is 14.3. The van der Waals surface area contributed by atoms with E-state index in [0.29, 0.717) is 12.2 Å². The summed E-state index contributed by atoms with van der Waals surface area (Å²) in [5.74, 6) is 0. The van der Waals surface area contributed by atoms with Gasteiger partial charge < -0.3 is 0 Å². The van der Waals surface area contributed by atoms with Gasteiger partial charge in [-0.25, -0.2) is 13.6 Å². The van der Waals surface area contributed by atoms with Crippen LogP contribution in [0.1, 0.15) is 16.8 Å². The fourth-order valence-corrected chi connectivity index (χ4v) is 3.43. The number of sulfonamides is 1. The van der Waals surface area contributed by atoms with E-state index in [2.05, 4.69) is 41.0 Å². The van der Waals surface area contributed by atoms with E-state index in [9.17, 15) is 8.42 Å². The van der Waals surface area contributed by atoms with Gasteiger partial charge in [0.1, 0.15) is 4.90 Å². The second kappa shape index (κ2) is 5.86. The molecule has 0 saturated carbocycles. The first-order chi connectivity index (χ1) is 12.3. The van der Waals surface area contributed by atoms with Gasteiger partial charge in [0.05, 0.1) is 29.5 Å². The number of aromatic nitrogens is 4. The highest BCUT2D eigenvalue weighted by atomic mass is 32.2. The molecule has 132 valence electrons. The van der Waals surface area contributed by atoms with Gasteiger partial charge in [-0.15, -0.1) is 0 Å². The maximum Gasteiger partial charge on any atom is 0.239 e. The van der Waals surface area contributed by atoms with Crippen molar-refractivity contribution < 1.29 is 8.42 Å². The van der Waals surface area contributed by atoms with E-state index in [1.54, 1.807) is 12.3 Å². The fraction of sp³-hybridized carbons (Fsp3) is 0.167. The van der Waals surface area contributed by atoms with Crippen LogP contribution in [-0.2, 0) is 16.6 Å².